The van der Waals surface area contributed by atoms with Gasteiger partial charge in [-0.05, 0) is 11.6 Å². The molecule has 126 valence electrons. The van der Waals surface area contributed by atoms with Crippen molar-refractivity contribution in [3.8, 4) is 5.75 Å². The van der Waals surface area contributed by atoms with Crippen LogP contribution in [0.2, 0.25) is 0 Å². The predicted octanol–water partition coefficient (Wildman–Crippen LogP) is 1.83. The number of carbonyl (C=O) groups is 1. The Labute approximate surface area is 140 Å². The van der Waals surface area contributed by atoms with Gasteiger partial charge in [-0.2, -0.15) is 0 Å². The lowest BCUT2D eigenvalue weighted by Crippen LogP contribution is -2.51. The van der Waals surface area contributed by atoms with Crippen molar-refractivity contribution in [1.82, 2.24) is 15.0 Å². The van der Waals surface area contributed by atoms with Gasteiger partial charge in [-0.1, -0.05) is 23.4 Å². The molecule has 2 aliphatic rings. The molecule has 2 amide bonds. The van der Waals surface area contributed by atoms with E-state index in [0.717, 1.165) is 31.8 Å². The monoisotopic (exact) mass is 328 g/mol. The molecule has 24 heavy (non-hydrogen) atoms. The van der Waals surface area contributed by atoms with Gasteiger partial charge in [0, 0.05) is 45.2 Å². The average molecular weight is 328 g/mol. The van der Waals surface area contributed by atoms with Gasteiger partial charge in [-0.25, -0.2) is 4.79 Å². The highest BCUT2D eigenvalue weighted by atomic mass is 16.5. The molecule has 7 heteroatoms. The van der Waals surface area contributed by atoms with Gasteiger partial charge in [0.25, 0.3) is 0 Å². The van der Waals surface area contributed by atoms with Gasteiger partial charge < -0.3 is 14.2 Å². The van der Waals surface area contributed by atoms with Crippen molar-refractivity contribution < 1.29 is 14.1 Å². The molecule has 4 rings (SSSR count). The highest BCUT2D eigenvalue weighted by molar-refractivity contribution is 5.88. The number of fused-ring (bicyclic) bond motifs is 1. The van der Waals surface area contributed by atoms with Gasteiger partial charge in [0.2, 0.25) is 0 Å². The average Bonchev–Trinajstić information content (AvgIpc) is 3.24. The summed E-state index contributed by atoms with van der Waals surface area (Å²) >= 11 is 0. The minimum atomic E-state index is -0.131. The molecule has 1 N–H and O–H groups in total. The third-order valence-electron chi connectivity index (χ3n) is 4.51. The highest BCUT2D eigenvalue weighted by Gasteiger charge is 2.27. The summed E-state index contributed by atoms with van der Waals surface area (Å²) in [7, 11) is 0. The topological polar surface area (TPSA) is 70.8 Å². The van der Waals surface area contributed by atoms with E-state index >= 15 is 0 Å². The number of piperazine rings is 1. The first-order valence-corrected chi connectivity index (χ1v) is 8.21. The van der Waals surface area contributed by atoms with Gasteiger partial charge in [0.15, 0.2) is 5.82 Å². The van der Waals surface area contributed by atoms with Crippen LogP contribution in [0.5, 0.6) is 5.75 Å². The number of nitrogens with zero attached hydrogens (tertiary/aromatic N) is 3. The van der Waals surface area contributed by atoms with E-state index in [2.05, 4.69) is 27.5 Å². The first-order valence-electron chi connectivity index (χ1n) is 8.21. The van der Waals surface area contributed by atoms with Crippen LogP contribution in [-0.2, 0) is 6.42 Å². The molecule has 1 unspecified atom stereocenters. The number of ether oxygens (including phenoxy) is 1. The highest BCUT2D eigenvalue weighted by Crippen LogP contribution is 2.28. The van der Waals surface area contributed by atoms with Crippen LogP contribution in [0.15, 0.2) is 41.1 Å². The summed E-state index contributed by atoms with van der Waals surface area (Å²) in [5, 5.41) is 6.42. The zero-order chi connectivity index (χ0) is 16.4. The number of carbonyl (C=O) groups excluding carboxylic acids is 1. The molecule has 2 aliphatic heterocycles. The maximum atomic E-state index is 12.2. The lowest BCUT2D eigenvalue weighted by Gasteiger charge is -2.35. The molecule has 1 atom stereocenters. The Kier molecular flexibility index (Phi) is 4.08. The summed E-state index contributed by atoms with van der Waals surface area (Å²) in [5.74, 6) is 1.45. The van der Waals surface area contributed by atoms with Crippen LogP contribution in [0.1, 0.15) is 5.56 Å². The number of nitrogens with one attached hydrogen (secondary N) is 1. The van der Waals surface area contributed by atoms with Crippen LogP contribution >= 0.6 is 0 Å². The number of rotatable bonds is 3. The molecule has 1 saturated heterocycles. The molecule has 1 aromatic carbocycles. The van der Waals surface area contributed by atoms with Gasteiger partial charge in [-0.15, -0.1) is 0 Å². The zero-order valence-electron chi connectivity index (χ0n) is 13.4. The second-order valence-electron chi connectivity index (χ2n) is 6.15. The Hall–Kier alpha value is -2.54. The van der Waals surface area contributed by atoms with Crippen molar-refractivity contribution in [2.75, 3.05) is 38.0 Å². The summed E-state index contributed by atoms with van der Waals surface area (Å²) in [6, 6.07) is 9.71. The molecule has 7 nitrogen and oxygen atoms in total. The molecule has 1 aromatic heterocycles. The minimum absolute atomic E-state index is 0.131. The van der Waals surface area contributed by atoms with Gasteiger partial charge in [0.1, 0.15) is 18.1 Å². The van der Waals surface area contributed by atoms with Crippen molar-refractivity contribution in [1.29, 1.82) is 0 Å². The van der Waals surface area contributed by atoms with Crippen molar-refractivity contribution >= 4 is 11.8 Å². The number of anilines is 1. The second kappa shape index (κ2) is 6.52. The van der Waals surface area contributed by atoms with E-state index in [1.807, 2.05) is 12.1 Å². The SMILES string of the molecule is O=C(Nc1ccon1)N1CCN(CC2Cc3ccccc3O2)CC1. The van der Waals surface area contributed by atoms with Crippen molar-refractivity contribution in [2.24, 2.45) is 0 Å². The van der Waals surface area contributed by atoms with Crippen LogP contribution in [-0.4, -0.2) is 59.8 Å². The number of urea groups is 1. The molecule has 0 saturated carbocycles. The third-order valence-corrected chi connectivity index (χ3v) is 4.51. The van der Waals surface area contributed by atoms with E-state index in [1.54, 1.807) is 11.0 Å². The van der Waals surface area contributed by atoms with Gasteiger partial charge >= 0.3 is 6.03 Å². The molecule has 0 radical (unpaired) electrons. The molecule has 0 aliphatic carbocycles. The summed E-state index contributed by atoms with van der Waals surface area (Å²) < 4.78 is 10.7. The fourth-order valence-corrected chi connectivity index (χ4v) is 3.24. The predicted molar refractivity (Wildman–Crippen MR) is 88.1 cm³/mol. The lowest BCUT2D eigenvalue weighted by molar-refractivity contribution is 0.105. The molecule has 3 heterocycles. The first-order chi connectivity index (χ1) is 11.8. The summed E-state index contributed by atoms with van der Waals surface area (Å²) in [4.78, 5) is 16.3. The Morgan fingerprint density at radius 2 is 2.04 bits per heavy atom. The third kappa shape index (κ3) is 3.21. The summed E-state index contributed by atoms with van der Waals surface area (Å²) in [6.07, 6.45) is 2.61. The summed E-state index contributed by atoms with van der Waals surface area (Å²) in [5.41, 5.74) is 1.29. The van der Waals surface area contributed by atoms with Crippen LogP contribution in [0.3, 0.4) is 0 Å². The van der Waals surface area contributed by atoms with Gasteiger partial charge in [0.05, 0.1) is 0 Å². The molecule has 2 aromatic rings. The zero-order valence-corrected chi connectivity index (χ0v) is 13.4. The number of para-hydroxylation sites is 1. The van der Waals surface area contributed by atoms with E-state index < -0.39 is 0 Å². The second-order valence-corrected chi connectivity index (χ2v) is 6.15. The molecule has 1 fully saturated rings. The van der Waals surface area contributed by atoms with Crippen LogP contribution in [0, 0.1) is 0 Å². The lowest BCUT2D eigenvalue weighted by atomic mass is 10.1. The van der Waals surface area contributed by atoms with Crippen molar-refractivity contribution in [3.05, 3.63) is 42.2 Å². The molecular weight excluding hydrogens is 308 g/mol. The Balaban J connectivity index is 1.24. The minimum Gasteiger partial charge on any atom is -0.488 e. The van der Waals surface area contributed by atoms with E-state index in [0.29, 0.717) is 18.9 Å². The molecular formula is C17H20N4O3. The Morgan fingerprint density at radius 3 is 2.79 bits per heavy atom. The van der Waals surface area contributed by atoms with E-state index in [1.165, 1.54) is 11.8 Å². The summed E-state index contributed by atoms with van der Waals surface area (Å²) in [6.45, 7) is 3.99. The molecule has 0 spiro atoms. The smallest absolute Gasteiger partial charge is 0.323 e. The largest absolute Gasteiger partial charge is 0.488 e. The Morgan fingerprint density at radius 1 is 1.21 bits per heavy atom. The maximum absolute atomic E-state index is 12.2. The van der Waals surface area contributed by atoms with Crippen LogP contribution in [0.25, 0.3) is 0 Å². The maximum Gasteiger partial charge on any atom is 0.323 e. The van der Waals surface area contributed by atoms with Crippen LogP contribution in [0.4, 0.5) is 10.6 Å². The van der Waals surface area contributed by atoms with E-state index in [-0.39, 0.29) is 12.1 Å². The number of hydrogen-bond acceptors (Lipinski definition) is 5. The van der Waals surface area contributed by atoms with E-state index in [4.69, 9.17) is 9.26 Å². The Bertz CT molecular complexity index is 671. The first kappa shape index (κ1) is 15.0. The number of aromatic nitrogens is 1. The fourth-order valence-electron chi connectivity index (χ4n) is 3.24. The standard InChI is InChI=1S/C17H20N4O3/c22-17(18-16-5-10-23-19-16)21-8-6-20(7-9-21)12-14-11-13-3-1-2-4-15(13)24-14/h1-5,10,14H,6-9,11-12H2,(H,18,19,22). The number of benzene rings is 1. The number of hydrogen-bond donors (Lipinski definition) is 1. The normalized spacial score (nSPS) is 20.5. The van der Waals surface area contributed by atoms with Gasteiger partial charge in [-0.3, -0.25) is 10.2 Å². The van der Waals surface area contributed by atoms with E-state index in [9.17, 15) is 4.79 Å². The van der Waals surface area contributed by atoms with Crippen molar-refractivity contribution in [3.63, 3.8) is 0 Å². The van der Waals surface area contributed by atoms with Crippen LogP contribution < -0.4 is 10.1 Å². The molecule has 0 bridgehead atoms. The quantitative estimate of drug-likeness (QED) is 0.931. The van der Waals surface area contributed by atoms with Crippen molar-refractivity contribution in [2.45, 2.75) is 12.5 Å². The number of amides is 2. The fraction of sp³-hybridized carbons (Fsp3) is 0.412.